The van der Waals surface area contributed by atoms with E-state index < -0.39 is 0 Å². The molecule has 0 spiro atoms. The predicted molar refractivity (Wildman–Crippen MR) is 161 cm³/mol. The lowest BCUT2D eigenvalue weighted by Crippen LogP contribution is -2.27. The highest BCUT2D eigenvalue weighted by molar-refractivity contribution is 6.31. The summed E-state index contributed by atoms with van der Waals surface area (Å²) in [6.45, 7) is 11.9. The molecule has 1 saturated carbocycles. The molecule has 0 saturated heterocycles. The van der Waals surface area contributed by atoms with Crippen molar-refractivity contribution in [2.24, 2.45) is 11.8 Å². The first-order valence-electron chi connectivity index (χ1n) is 13.6. The molecular weight excluding hydrogens is 492 g/mol. The van der Waals surface area contributed by atoms with Gasteiger partial charge in [-0.1, -0.05) is 86.0 Å². The van der Waals surface area contributed by atoms with Gasteiger partial charge in [0, 0.05) is 29.6 Å². The van der Waals surface area contributed by atoms with E-state index in [2.05, 4.69) is 50.0 Å². The molecule has 38 heavy (non-hydrogen) atoms. The largest absolute Gasteiger partial charge is 0.352 e. The SMILES string of the molecule is C=CC(=O)C1CCCC(C)C1.CC(=N)/C(CNC(=O)CCCc1ccccc1Cl)=C(\C)c1ccc(C)cc1. The number of halogens is 1. The van der Waals surface area contributed by atoms with E-state index in [4.69, 9.17) is 17.0 Å². The van der Waals surface area contributed by atoms with Crippen molar-refractivity contribution >= 4 is 34.6 Å². The van der Waals surface area contributed by atoms with E-state index in [1.54, 1.807) is 6.92 Å². The van der Waals surface area contributed by atoms with Crippen LogP contribution in [0.4, 0.5) is 0 Å². The second kappa shape index (κ2) is 16.1. The van der Waals surface area contributed by atoms with Crippen LogP contribution in [0.15, 0.2) is 66.8 Å². The second-order valence-corrected chi connectivity index (χ2v) is 10.8. The zero-order chi connectivity index (χ0) is 28.1. The zero-order valence-electron chi connectivity index (χ0n) is 23.4. The number of hydrogen-bond acceptors (Lipinski definition) is 3. The second-order valence-electron chi connectivity index (χ2n) is 10.4. The lowest BCUT2D eigenvalue weighted by atomic mass is 9.80. The first-order valence-corrected chi connectivity index (χ1v) is 14.0. The summed E-state index contributed by atoms with van der Waals surface area (Å²) in [5.41, 5.74) is 5.71. The van der Waals surface area contributed by atoms with Crippen molar-refractivity contribution < 1.29 is 9.59 Å². The first kappa shape index (κ1) is 31.2. The highest BCUT2D eigenvalue weighted by Crippen LogP contribution is 2.29. The number of carbonyl (C=O) groups is 2. The van der Waals surface area contributed by atoms with E-state index >= 15 is 0 Å². The van der Waals surface area contributed by atoms with E-state index in [1.807, 2.05) is 31.2 Å². The van der Waals surface area contributed by atoms with Crippen LogP contribution in [0.25, 0.3) is 5.57 Å². The van der Waals surface area contributed by atoms with E-state index in [-0.39, 0.29) is 17.6 Å². The summed E-state index contributed by atoms with van der Waals surface area (Å²) in [6, 6.07) is 15.9. The molecule has 5 heteroatoms. The average molecular weight is 535 g/mol. The smallest absolute Gasteiger partial charge is 0.220 e. The molecule has 1 aliphatic rings. The Morgan fingerprint density at radius 1 is 1.11 bits per heavy atom. The number of benzene rings is 2. The number of hydrogen-bond donors (Lipinski definition) is 2. The highest BCUT2D eigenvalue weighted by Gasteiger charge is 2.22. The molecule has 4 nitrogen and oxygen atoms in total. The Bertz CT molecular complexity index is 1130. The van der Waals surface area contributed by atoms with Crippen molar-refractivity contribution in [2.45, 2.75) is 72.6 Å². The first-order chi connectivity index (χ1) is 18.1. The van der Waals surface area contributed by atoms with Gasteiger partial charge in [0.15, 0.2) is 5.78 Å². The summed E-state index contributed by atoms with van der Waals surface area (Å²) in [5, 5.41) is 11.8. The third-order valence-corrected chi connectivity index (χ3v) is 7.57. The van der Waals surface area contributed by atoms with E-state index in [1.165, 1.54) is 24.5 Å². The van der Waals surface area contributed by atoms with Crippen LogP contribution in [0.2, 0.25) is 5.02 Å². The molecule has 1 amide bonds. The Morgan fingerprint density at radius 3 is 2.39 bits per heavy atom. The average Bonchev–Trinajstić information content (AvgIpc) is 2.90. The third kappa shape index (κ3) is 10.4. The third-order valence-electron chi connectivity index (χ3n) is 7.20. The van der Waals surface area contributed by atoms with Gasteiger partial charge in [-0.3, -0.25) is 9.59 Å². The molecule has 2 unspecified atom stereocenters. The fourth-order valence-corrected chi connectivity index (χ4v) is 5.03. The molecule has 1 fully saturated rings. The number of aryl methyl sites for hydroxylation is 2. The maximum absolute atomic E-state index is 12.2. The minimum Gasteiger partial charge on any atom is -0.352 e. The van der Waals surface area contributed by atoms with Crippen molar-refractivity contribution in [2.75, 3.05) is 6.54 Å². The van der Waals surface area contributed by atoms with E-state index in [0.29, 0.717) is 18.7 Å². The Kier molecular flexibility index (Phi) is 13.2. The number of rotatable bonds is 10. The van der Waals surface area contributed by atoms with Crippen molar-refractivity contribution in [3.63, 3.8) is 0 Å². The van der Waals surface area contributed by atoms with Crippen LogP contribution in [0.5, 0.6) is 0 Å². The van der Waals surface area contributed by atoms with Gasteiger partial charge in [0.2, 0.25) is 5.91 Å². The maximum Gasteiger partial charge on any atom is 0.220 e. The molecule has 0 aliphatic heterocycles. The Hall–Kier alpha value is -2.98. The minimum absolute atomic E-state index is 0.00231. The standard InChI is InChI=1S/C23H27ClN2O.C10H16O/c1-16-11-13-19(14-12-16)17(2)21(18(3)25)15-26-23(27)10-6-8-20-7-4-5-9-22(20)24;1-3-10(11)9-6-4-5-8(2)7-9/h4-5,7,9,11-14,25H,6,8,10,15H2,1-3H3,(H,26,27);3,8-9H,1,4-7H2,2H3/b21-17+,25-18?;. The molecule has 0 radical (unpaired) electrons. The van der Waals surface area contributed by atoms with Gasteiger partial charge in [0.25, 0.3) is 0 Å². The summed E-state index contributed by atoms with van der Waals surface area (Å²) >= 11 is 6.15. The van der Waals surface area contributed by atoms with Gasteiger partial charge in [-0.05, 0) is 86.8 Å². The number of carbonyl (C=O) groups excluding carboxylic acids is 2. The lowest BCUT2D eigenvalue weighted by molar-refractivity contribution is -0.121. The maximum atomic E-state index is 12.2. The van der Waals surface area contributed by atoms with Gasteiger partial charge in [0.05, 0.1) is 0 Å². The van der Waals surface area contributed by atoms with Crippen molar-refractivity contribution in [1.29, 1.82) is 5.41 Å². The topological polar surface area (TPSA) is 70.0 Å². The van der Waals surface area contributed by atoms with Gasteiger partial charge in [0.1, 0.15) is 0 Å². The van der Waals surface area contributed by atoms with Gasteiger partial charge in [-0.15, -0.1) is 0 Å². The van der Waals surface area contributed by atoms with Crippen LogP contribution >= 0.6 is 11.6 Å². The molecule has 2 atom stereocenters. The van der Waals surface area contributed by atoms with Crippen LogP contribution in [-0.4, -0.2) is 23.9 Å². The lowest BCUT2D eigenvalue weighted by Gasteiger charge is -2.24. The van der Waals surface area contributed by atoms with Gasteiger partial charge >= 0.3 is 0 Å². The van der Waals surface area contributed by atoms with Gasteiger partial charge < -0.3 is 10.7 Å². The number of amides is 1. The predicted octanol–water partition coefficient (Wildman–Crippen LogP) is 8.17. The van der Waals surface area contributed by atoms with E-state index in [0.717, 1.165) is 58.9 Å². The van der Waals surface area contributed by atoms with Crippen LogP contribution in [0, 0.1) is 24.2 Å². The molecule has 204 valence electrons. The molecule has 1 aliphatic carbocycles. The Morgan fingerprint density at radius 2 is 1.79 bits per heavy atom. The summed E-state index contributed by atoms with van der Waals surface area (Å²) < 4.78 is 0. The molecule has 2 aromatic rings. The van der Waals surface area contributed by atoms with Gasteiger partial charge in [-0.2, -0.15) is 0 Å². The van der Waals surface area contributed by atoms with Crippen LogP contribution in [-0.2, 0) is 16.0 Å². The Labute approximate surface area is 234 Å². The van der Waals surface area contributed by atoms with Crippen LogP contribution < -0.4 is 5.32 Å². The summed E-state index contributed by atoms with van der Waals surface area (Å²) in [7, 11) is 0. The van der Waals surface area contributed by atoms with Crippen molar-refractivity contribution in [3.05, 3.63) is 88.5 Å². The van der Waals surface area contributed by atoms with E-state index in [9.17, 15) is 9.59 Å². The molecular formula is C33H43ClN2O2. The quantitative estimate of drug-likeness (QED) is 0.238. The van der Waals surface area contributed by atoms with Crippen molar-refractivity contribution in [1.82, 2.24) is 5.32 Å². The molecule has 2 aromatic carbocycles. The number of ketones is 1. The van der Waals surface area contributed by atoms with Crippen molar-refractivity contribution in [3.8, 4) is 0 Å². The summed E-state index contributed by atoms with van der Waals surface area (Å²) in [5.74, 6) is 1.27. The van der Waals surface area contributed by atoms with Crippen LogP contribution in [0.1, 0.15) is 76.0 Å². The van der Waals surface area contributed by atoms with Crippen LogP contribution in [0.3, 0.4) is 0 Å². The summed E-state index contributed by atoms with van der Waals surface area (Å²) in [4.78, 5) is 23.4. The Balaban J connectivity index is 0.000000384. The highest BCUT2D eigenvalue weighted by atomic mass is 35.5. The fraction of sp³-hybridized carbons (Fsp3) is 0.424. The monoisotopic (exact) mass is 534 g/mol. The molecule has 2 N–H and O–H groups in total. The minimum atomic E-state index is -0.00231. The normalized spacial score (nSPS) is 17.4. The molecule has 0 heterocycles. The zero-order valence-corrected chi connectivity index (χ0v) is 24.2. The van der Waals surface area contributed by atoms with Gasteiger partial charge in [-0.25, -0.2) is 0 Å². The number of nitrogens with one attached hydrogen (secondary N) is 2. The molecule has 0 aromatic heterocycles. The summed E-state index contributed by atoms with van der Waals surface area (Å²) in [6.07, 6.45) is 8.10. The fourth-order valence-electron chi connectivity index (χ4n) is 4.80. The molecule has 3 rings (SSSR count). The molecule has 0 bridgehead atoms. The number of allylic oxidation sites excluding steroid dienone is 2.